The lowest BCUT2D eigenvalue weighted by Crippen LogP contribution is -2.19. The molecule has 2 heterocycles. The van der Waals surface area contributed by atoms with Crippen molar-refractivity contribution in [2.75, 3.05) is 16.0 Å². The summed E-state index contributed by atoms with van der Waals surface area (Å²) in [5, 5.41) is 21.4. The first-order valence-corrected chi connectivity index (χ1v) is 9.96. The number of nitrogens with one attached hydrogen (secondary N) is 3. The van der Waals surface area contributed by atoms with E-state index in [-0.39, 0.29) is 0 Å². The number of amides is 2. The first kappa shape index (κ1) is 21.0. The minimum atomic E-state index is -0.461. The minimum absolute atomic E-state index is 0.374. The zero-order valence-corrected chi connectivity index (χ0v) is 17.8. The van der Waals surface area contributed by atoms with E-state index in [4.69, 9.17) is 0 Å². The van der Waals surface area contributed by atoms with Crippen LogP contribution in [0.5, 0.6) is 0 Å². The van der Waals surface area contributed by atoms with Crippen LogP contribution in [-0.2, 0) is 0 Å². The Hall–Kier alpha value is -4.27. The third kappa shape index (κ3) is 4.72. The van der Waals surface area contributed by atoms with E-state index >= 15 is 0 Å². The van der Waals surface area contributed by atoms with Gasteiger partial charge in [-0.25, -0.2) is 13.9 Å². The van der Waals surface area contributed by atoms with Crippen molar-refractivity contribution in [3.05, 3.63) is 83.4 Å². The summed E-state index contributed by atoms with van der Waals surface area (Å²) >= 11 is 0. The zero-order chi connectivity index (χ0) is 22.7. The van der Waals surface area contributed by atoms with Gasteiger partial charge in [0.25, 0.3) is 0 Å². The van der Waals surface area contributed by atoms with Gasteiger partial charge in [0.2, 0.25) is 0 Å². The maximum atomic E-state index is 13.2. The summed E-state index contributed by atoms with van der Waals surface area (Å²) in [5.74, 6) is 0.809. The quantitative estimate of drug-likeness (QED) is 0.408. The second kappa shape index (κ2) is 8.84. The van der Waals surface area contributed by atoms with Crippen LogP contribution in [-0.4, -0.2) is 26.0 Å². The van der Waals surface area contributed by atoms with E-state index in [0.29, 0.717) is 23.0 Å². The van der Waals surface area contributed by atoms with Gasteiger partial charge >= 0.3 is 6.03 Å². The van der Waals surface area contributed by atoms with Crippen molar-refractivity contribution in [2.45, 2.75) is 20.8 Å². The molecule has 0 spiro atoms. The van der Waals surface area contributed by atoms with Crippen LogP contribution < -0.4 is 16.0 Å². The average Bonchev–Trinajstić information content (AvgIpc) is 3.03. The van der Waals surface area contributed by atoms with E-state index < -0.39 is 11.8 Å². The Kier molecular flexibility index (Phi) is 5.80. The van der Waals surface area contributed by atoms with Crippen LogP contribution in [0.25, 0.3) is 5.82 Å². The molecule has 2 amide bonds. The van der Waals surface area contributed by atoms with Crippen molar-refractivity contribution >= 4 is 28.9 Å². The molecule has 0 fully saturated rings. The summed E-state index contributed by atoms with van der Waals surface area (Å²) in [6.45, 7) is 5.99. The molecular formula is C23H22FN7O. The fourth-order valence-corrected chi connectivity index (χ4v) is 3.09. The summed E-state index contributed by atoms with van der Waals surface area (Å²) < 4.78 is 15.0. The predicted octanol–water partition coefficient (Wildman–Crippen LogP) is 5.11. The topological polar surface area (TPSA) is 96.8 Å². The molecule has 0 saturated heterocycles. The molecule has 4 rings (SSSR count). The van der Waals surface area contributed by atoms with Crippen molar-refractivity contribution in [1.82, 2.24) is 20.0 Å². The van der Waals surface area contributed by atoms with Gasteiger partial charge in [-0.15, -0.1) is 10.2 Å². The number of halogens is 1. The van der Waals surface area contributed by atoms with E-state index in [9.17, 15) is 9.18 Å². The molecule has 4 aromatic rings. The number of aryl methyl sites for hydroxylation is 1. The highest BCUT2D eigenvalue weighted by Gasteiger charge is 2.10. The molecule has 8 nitrogen and oxygen atoms in total. The molecule has 0 aliphatic rings. The molecular weight excluding hydrogens is 409 g/mol. The van der Waals surface area contributed by atoms with E-state index in [1.807, 2.05) is 32.9 Å². The molecule has 3 N–H and O–H groups in total. The number of benzene rings is 2. The molecule has 32 heavy (non-hydrogen) atoms. The fourth-order valence-electron chi connectivity index (χ4n) is 3.09. The van der Waals surface area contributed by atoms with Gasteiger partial charge in [0, 0.05) is 22.8 Å². The van der Waals surface area contributed by atoms with Gasteiger partial charge in [-0.2, -0.15) is 5.10 Å². The Morgan fingerprint density at radius 1 is 0.875 bits per heavy atom. The monoisotopic (exact) mass is 431 g/mol. The van der Waals surface area contributed by atoms with Crippen LogP contribution in [0.3, 0.4) is 0 Å². The fraction of sp³-hybridized carbons (Fsp3) is 0.130. The summed E-state index contributed by atoms with van der Waals surface area (Å²) in [4.78, 5) is 12.1. The molecule has 162 valence electrons. The van der Waals surface area contributed by atoms with E-state index in [1.54, 1.807) is 35.0 Å². The number of hydrogen-bond donors (Lipinski definition) is 3. The second-order valence-electron chi connectivity index (χ2n) is 7.28. The lowest BCUT2D eigenvalue weighted by molar-refractivity contribution is 0.262. The number of carbonyl (C=O) groups is 1. The van der Waals surface area contributed by atoms with Crippen LogP contribution >= 0.6 is 0 Å². The third-order valence-corrected chi connectivity index (χ3v) is 5.02. The smallest absolute Gasteiger partial charge is 0.323 e. The van der Waals surface area contributed by atoms with Gasteiger partial charge in [0.1, 0.15) is 5.82 Å². The zero-order valence-electron chi connectivity index (χ0n) is 17.8. The Morgan fingerprint density at radius 2 is 1.59 bits per heavy atom. The summed E-state index contributed by atoms with van der Waals surface area (Å²) in [6, 6.07) is 16.0. The first-order valence-electron chi connectivity index (χ1n) is 9.96. The molecule has 0 aliphatic carbocycles. The Balaban J connectivity index is 1.37. The van der Waals surface area contributed by atoms with Crippen molar-refractivity contribution in [2.24, 2.45) is 0 Å². The highest BCUT2D eigenvalue weighted by molar-refractivity contribution is 5.99. The van der Waals surface area contributed by atoms with Crippen LogP contribution in [0.4, 0.5) is 32.1 Å². The van der Waals surface area contributed by atoms with Crippen molar-refractivity contribution in [1.29, 1.82) is 0 Å². The molecule has 2 aromatic heterocycles. The number of urea groups is 1. The predicted molar refractivity (Wildman–Crippen MR) is 122 cm³/mol. The Bertz CT molecular complexity index is 1250. The van der Waals surface area contributed by atoms with Gasteiger partial charge in [0.05, 0.1) is 5.69 Å². The van der Waals surface area contributed by atoms with Gasteiger partial charge < -0.3 is 16.0 Å². The van der Waals surface area contributed by atoms with Gasteiger partial charge in [0.15, 0.2) is 11.6 Å². The molecule has 0 bridgehead atoms. The van der Waals surface area contributed by atoms with Crippen molar-refractivity contribution in [3.8, 4) is 5.82 Å². The number of carbonyl (C=O) groups excluding carboxylic acids is 1. The normalized spacial score (nSPS) is 10.6. The Morgan fingerprint density at radius 3 is 2.22 bits per heavy atom. The second-order valence-corrected chi connectivity index (χ2v) is 7.28. The summed E-state index contributed by atoms with van der Waals surface area (Å²) in [7, 11) is 0. The van der Waals surface area contributed by atoms with Gasteiger partial charge in [-0.05, 0) is 80.9 Å². The number of anilines is 4. The summed E-state index contributed by atoms with van der Waals surface area (Å²) in [6.07, 6.45) is 0. The number of rotatable bonds is 5. The van der Waals surface area contributed by atoms with Gasteiger partial charge in [-0.3, -0.25) is 0 Å². The standard InChI is InChI=1S/C23H22FN7O/c1-14-15(2)30-31(16(14)3)22-12-11-21(28-29-22)25-18-7-9-19(10-8-18)26-23(32)27-20-6-4-5-17(24)13-20/h4-13H,1-3H3,(H,25,28)(H2,26,27,32). The average molecular weight is 431 g/mol. The van der Waals surface area contributed by atoms with E-state index in [0.717, 1.165) is 22.6 Å². The molecule has 0 aliphatic heterocycles. The molecule has 9 heteroatoms. The molecule has 0 unspecified atom stereocenters. The van der Waals surface area contributed by atoms with Crippen molar-refractivity contribution < 1.29 is 9.18 Å². The molecule has 0 saturated carbocycles. The van der Waals surface area contributed by atoms with Crippen LogP contribution in [0, 0.1) is 26.6 Å². The third-order valence-electron chi connectivity index (χ3n) is 5.02. The Labute approximate surface area is 184 Å². The van der Waals surface area contributed by atoms with E-state index in [1.165, 1.54) is 18.2 Å². The van der Waals surface area contributed by atoms with Crippen molar-refractivity contribution in [3.63, 3.8) is 0 Å². The lowest BCUT2D eigenvalue weighted by atomic mass is 10.2. The maximum Gasteiger partial charge on any atom is 0.323 e. The number of aromatic nitrogens is 4. The largest absolute Gasteiger partial charge is 0.339 e. The molecule has 2 aromatic carbocycles. The lowest BCUT2D eigenvalue weighted by Gasteiger charge is -2.10. The number of nitrogens with zero attached hydrogens (tertiary/aromatic N) is 4. The highest BCUT2D eigenvalue weighted by Crippen LogP contribution is 2.19. The van der Waals surface area contributed by atoms with Crippen LogP contribution in [0.2, 0.25) is 0 Å². The highest BCUT2D eigenvalue weighted by atomic mass is 19.1. The van der Waals surface area contributed by atoms with E-state index in [2.05, 4.69) is 31.2 Å². The SMILES string of the molecule is Cc1nn(-c2ccc(Nc3ccc(NC(=O)Nc4cccc(F)c4)cc3)nn2)c(C)c1C. The molecule has 0 radical (unpaired) electrons. The maximum absolute atomic E-state index is 13.2. The molecule has 0 atom stereocenters. The first-order chi connectivity index (χ1) is 15.4. The minimum Gasteiger partial charge on any atom is -0.339 e. The number of hydrogen-bond acceptors (Lipinski definition) is 5. The van der Waals surface area contributed by atoms with Crippen LogP contribution in [0.1, 0.15) is 17.0 Å². The van der Waals surface area contributed by atoms with Gasteiger partial charge in [-0.1, -0.05) is 6.07 Å². The summed E-state index contributed by atoms with van der Waals surface area (Å²) in [5.41, 5.74) is 4.87. The van der Waals surface area contributed by atoms with Crippen LogP contribution in [0.15, 0.2) is 60.7 Å².